The summed E-state index contributed by atoms with van der Waals surface area (Å²) < 4.78 is 0.756. The number of nitrogens with one attached hydrogen (secondary N) is 1. The van der Waals surface area contributed by atoms with Crippen LogP contribution in [0.5, 0.6) is 0 Å². The van der Waals surface area contributed by atoms with Crippen molar-refractivity contribution >= 4 is 50.6 Å². The fourth-order valence-corrected chi connectivity index (χ4v) is 2.47. The van der Waals surface area contributed by atoms with Gasteiger partial charge in [0.25, 0.3) is 0 Å². The van der Waals surface area contributed by atoms with Gasteiger partial charge in [-0.2, -0.15) is 0 Å². The molecule has 0 fully saturated rings. The van der Waals surface area contributed by atoms with Crippen LogP contribution in [0.2, 0.25) is 5.02 Å². The summed E-state index contributed by atoms with van der Waals surface area (Å²) in [5.74, 6) is -1.37. The van der Waals surface area contributed by atoms with Crippen LogP contribution in [0.1, 0.15) is 10.4 Å². The normalized spacial score (nSPS) is 10.2. The molecule has 0 amide bonds. The molecule has 0 aliphatic carbocycles. The summed E-state index contributed by atoms with van der Waals surface area (Å²) in [5.41, 5.74) is -0.406. The summed E-state index contributed by atoms with van der Waals surface area (Å²) in [6, 6.07) is 8.98. The Morgan fingerprint density at radius 1 is 1.29 bits per heavy atom. The quantitative estimate of drug-likeness (QED) is 0.612. The van der Waals surface area contributed by atoms with Crippen LogP contribution in [-0.2, 0) is 0 Å². The van der Waals surface area contributed by atoms with Crippen molar-refractivity contribution < 1.29 is 14.8 Å². The summed E-state index contributed by atoms with van der Waals surface area (Å²) in [6.45, 7) is 0. The van der Waals surface area contributed by atoms with Gasteiger partial charge in [-0.3, -0.25) is 10.1 Å². The van der Waals surface area contributed by atoms with Crippen molar-refractivity contribution in [3.8, 4) is 0 Å². The number of anilines is 2. The van der Waals surface area contributed by atoms with E-state index >= 15 is 0 Å². The maximum atomic E-state index is 11.1. The number of rotatable bonds is 4. The van der Waals surface area contributed by atoms with Gasteiger partial charge in [-0.15, -0.1) is 0 Å². The summed E-state index contributed by atoms with van der Waals surface area (Å²) in [4.78, 5) is 21.5. The van der Waals surface area contributed by atoms with E-state index in [9.17, 15) is 14.9 Å². The molecule has 2 rings (SSSR count). The zero-order valence-electron chi connectivity index (χ0n) is 10.3. The van der Waals surface area contributed by atoms with E-state index in [2.05, 4.69) is 21.2 Å². The SMILES string of the molecule is O=C(O)c1cccc(Nc2ccc(Br)cc2Cl)c1[N+](=O)[O-]. The van der Waals surface area contributed by atoms with E-state index in [1.54, 1.807) is 18.2 Å². The minimum atomic E-state index is -1.37. The summed E-state index contributed by atoms with van der Waals surface area (Å²) in [6.07, 6.45) is 0. The second-order valence-electron chi connectivity index (χ2n) is 4.01. The lowest BCUT2D eigenvalue weighted by atomic mass is 10.1. The molecule has 8 heteroatoms. The standard InChI is InChI=1S/C13H8BrClN2O4/c14-7-4-5-10(9(15)6-7)16-11-3-1-2-8(13(18)19)12(11)17(20)21/h1-6,16H,(H,18,19). The number of nitrogens with zero attached hydrogens (tertiary/aromatic N) is 1. The van der Waals surface area contributed by atoms with Crippen LogP contribution in [0.15, 0.2) is 40.9 Å². The van der Waals surface area contributed by atoms with Crippen molar-refractivity contribution in [2.75, 3.05) is 5.32 Å². The van der Waals surface area contributed by atoms with Crippen LogP contribution in [0.3, 0.4) is 0 Å². The van der Waals surface area contributed by atoms with Gasteiger partial charge in [-0.05, 0) is 30.3 Å². The Kier molecular flexibility index (Phi) is 4.44. The highest BCUT2D eigenvalue weighted by atomic mass is 79.9. The highest BCUT2D eigenvalue weighted by Gasteiger charge is 2.24. The number of carboxylic acid groups (broad SMARTS) is 1. The molecule has 0 atom stereocenters. The fraction of sp³-hybridized carbons (Fsp3) is 0. The van der Waals surface area contributed by atoms with Gasteiger partial charge < -0.3 is 10.4 Å². The topological polar surface area (TPSA) is 92.5 Å². The van der Waals surface area contributed by atoms with E-state index in [-0.39, 0.29) is 5.69 Å². The van der Waals surface area contributed by atoms with Crippen LogP contribution < -0.4 is 5.32 Å². The number of benzene rings is 2. The van der Waals surface area contributed by atoms with Crippen molar-refractivity contribution in [3.63, 3.8) is 0 Å². The van der Waals surface area contributed by atoms with Crippen molar-refractivity contribution in [1.82, 2.24) is 0 Å². The number of carbonyl (C=O) groups is 1. The molecule has 0 unspecified atom stereocenters. The zero-order valence-corrected chi connectivity index (χ0v) is 12.7. The smallest absolute Gasteiger partial charge is 0.342 e. The number of carboxylic acids is 1. The Labute approximate surface area is 132 Å². The van der Waals surface area contributed by atoms with Gasteiger partial charge in [0.2, 0.25) is 0 Å². The Morgan fingerprint density at radius 3 is 2.57 bits per heavy atom. The van der Waals surface area contributed by atoms with Gasteiger partial charge in [0.15, 0.2) is 0 Å². The summed E-state index contributed by atoms with van der Waals surface area (Å²) in [5, 5.41) is 23.3. The highest BCUT2D eigenvalue weighted by Crippen LogP contribution is 2.34. The molecule has 0 spiro atoms. The van der Waals surface area contributed by atoms with Crippen molar-refractivity contribution in [1.29, 1.82) is 0 Å². The van der Waals surface area contributed by atoms with E-state index in [1.807, 2.05) is 0 Å². The number of aromatic carboxylic acids is 1. The minimum absolute atomic E-state index is 0.0594. The third kappa shape index (κ3) is 3.32. The van der Waals surface area contributed by atoms with Crippen molar-refractivity contribution in [2.45, 2.75) is 0 Å². The number of nitro benzene ring substituents is 1. The minimum Gasteiger partial charge on any atom is -0.477 e. The first kappa shape index (κ1) is 15.3. The second kappa shape index (κ2) is 6.11. The molecule has 0 saturated carbocycles. The molecular weight excluding hydrogens is 364 g/mol. The molecule has 0 bridgehead atoms. The molecule has 0 aromatic heterocycles. The van der Waals surface area contributed by atoms with E-state index in [0.29, 0.717) is 10.7 Å². The first-order chi connectivity index (χ1) is 9.90. The van der Waals surface area contributed by atoms with Crippen LogP contribution in [-0.4, -0.2) is 16.0 Å². The lowest BCUT2D eigenvalue weighted by molar-refractivity contribution is -0.384. The Morgan fingerprint density at radius 2 is 2.00 bits per heavy atom. The highest BCUT2D eigenvalue weighted by molar-refractivity contribution is 9.10. The molecule has 2 N–H and O–H groups in total. The maximum Gasteiger partial charge on any atom is 0.342 e. The predicted octanol–water partition coefficient (Wildman–Crippen LogP) is 4.45. The van der Waals surface area contributed by atoms with Gasteiger partial charge in [0.1, 0.15) is 11.3 Å². The molecule has 0 radical (unpaired) electrons. The summed E-state index contributed by atoms with van der Waals surface area (Å²) in [7, 11) is 0. The Bertz CT molecular complexity index is 736. The maximum absolute atomic E-state index is 11.1. The molecular formula is C13H8BrClN2O4. The van der Waals surface area contributed by atoms with Gasteiger partial charge >= 0.3 is 11.7 Å². The number of hydrogen-bond acceptors (Lipinski definition) is 4. The van der Waals surface area contributed by atoms with Gasteiger partial charge in [0.05, 0.1) is 15.6 Å². The number of nitro groups is 1. The van der Waals surface area contributed by atoms with E-state index in [0.717, 1.165) is 4.47 Å². The Hall–Kier alpha value is -2.12. The van der Waals surface area contributed by atoms with Crippen LogP contribution in [0.25, 0.3) is 0 Å². The molecule has 21 heavy (non-hydrogen) atoms. The predicted molar refractivity (Wildman–Crippen MR) is 82.5 cm³/mol. The lowest BCUT2D eigenvalue weighted by Crippen LogP contribution is -2.05. The molecule has 0 aliphatic rings. The Balaban J connectivity index is 2.51. The first-order valence-electron chi connectivity index (χ1n) is 5.63. The van der Waals surface area contributed by atoms with Crippen molar-refractivity contribution in [3.05, 3.63) is 61.6 Å². The number of para-hydroxylation sites is 1. The van der Waals surface area contributed by atoms with Gasteiger partial charge in [-0.1, -0.05) is 33.6 Å². The second-order valence-corrected chi connectivity index (χ2v) is 5.34. The molecule has 0 saturated heterocycles. The fourth-order valence-electron chi connectivity index (χ4n) is 1.75. The first-order valence-corrected chi connectivity index (χ1v) is 6.80. The van der Waals surface area contributed by atoms with Crippen molar-refractivity contribution in [2.24, 2.45) is 0 Å². The zero-order chi connectivity index (χ0) is 15.6. The molecule has 6 nitrogen and oxygen atoms in total. The van der Waals surface area contributed by atoms with Crippen LogP contribution >= 0.6 is 27.5 Å². The molecule has 0 heterocycles. The third-order valence-electron chi connectivity index (χ3n) is 2.65. The molecule has 108 valence electrons. The summed E-state index contributed by atoms with van der Waals surface area (Å²) >= 11 is 9.29. The van der Waals surface area contributed by atoms with Gasteiger partial charge in [0, 0.05) is 4.47 Å². The van der Waals surface area contributed by atoms with Crippen LogP contribution in [0, 0.1) is 10.1 Å². The van der Waals surface area contributed by atoms with E-state index in [4.69, 9.17) is 16.7 Å². The van der Waals surface area contributed by atoms with E-state index in [1.165, 1.54) is 18.2 Å². The van der Waals surface area contributed by atoms with Gasteiger partial charge in [-0.25, -0.2) is 4.79 Å². The average Bonchev–Trinajstić information content (AvgIpc) is 2.41. The average molecular weight is 372 g/mol. The van der Waals surface area contributed by atoms with Crippen LogP contribution in [0.4, 0.5) is 17.1 Å². The largest absolute Gasteiger partial charge is 0.477 e. The monoisotopic (exact) mass is 370 g/mol. The van der Waals surface area contributed by atoms with E-state index < -0.39 is 22.1 Å². The number of hydrogen-bond donors (Lipinski definition) is 2. The molecule has 0 aliphatic heterocycles. The molecule has 2 aromatic carbocycles. The lowest BCUT2D eigenvalue weighted by Gasteiger charge is -2.10. The molecule has 2 aromatic rings. The number of halogens is 2. The third-order valence-corrected chi connectivity index (χ3v) is 3.46.